The Balaban J connectivity index is 0.00000192. The smallest absolute Gasteiger partial charge is 0.321 e. The molecule has 148 valence electrons. The topological polar surface area (TPSA) is 35.6 Å². The zero-order valence-corrected chi connectivity index (χ0v) is 16.8. The van der Waals surface area contributed by atoms with Gasteiger partial charge in [-0.2, -0.15) is 0 Å². The fraction of sp³-hybridized carbons (Fsp3) is 0.696. The van der Waals surface area contributed by atoms with Crippen LogP contribution in [0.3, 0.4) is 0 Å². The third-order valence-corrected chi connectivity index (χ3v) is 7.97. The monoisotopic (exact) mass is 369 g/mol. The molecule has 1 spiro atoms. The van der Waals surface area contributed by atoms with Crippen molar-refractivity contribution in [2.24, 2.45) is 11.8 Å². The number of carbonyl (C=O) groups excluding carboxylic acids is 1. The molecular weight excluding hydrogens is 334 g/mol. The summed E-state index contributed by atoms with van der Waals surface area (Å²) in [7, 11) is 0. The first-order chi connectivity index (χ1) is 13.1. The molecule has 2 aliphatic heterocycles. The van der Waals surface area contributed by atoms with Crippen LogP contribution >= 0.6 is 0 Å². The van der Waals surface area contributed by atoms with Gasteiger partial charge in [0.15, 0.2) is 0 Å². The van der Waals surface area contributed by atoms with Gasteiger partial charge >= 0.3 is 6.03 Å². The van der Waals surface area contributed by atoms with E-state index < -0.39 is 0 Å². The number of carbonyl (C=O) groups is 1. The van der Waals surface area contributed by atoms with Crippen LogP contribution in [0.25, 0.3) is 0 Å². The van der Waals surface area contributed by atoms with Gasteiger partial charge in [0.05, 0.1) is 0 Å². The fourth-order valence-corrected chi connectivity index (χ4v) is 6.58. The van der Waals surface area contributed by atoms with Crippen LogP contribution < -0.4 is 10.2 Å². The predicted octanol–water partition coefficient (Wildman–Crippen LogP) is 4.31. The van der Waals surface area contributed by atoms with Gasteiger partial charge in [-0.05, 0) is 82.5 Å². The van der Waals surface area contributed by atoms with Gasteiger partial charge in [0.1, 0.15) is 0 Å². The highest BCUT2D eigenvalue weighted by Crippen LogP contribution is 2.51. The van der Waals surface area contributed by atoms with E-state index in [1.165, 1.54) is 62.7 Å². The van der Waals surface area contributed by atoms with E-state index in [1.807, 2.05) is 11.8 Å². The van der Waals surface area contributed by atoms with Crippen molar-refractivity contribution in [1.82, 2.24) is 10.2 Å². The van der Waals surface area contributed by atoms with Gasteiger partial charge < -0.3 is 10.2 Å². The molecule has 2 saturated carbocycles. The van der Waals surface area contributed by atoms with Crippen LogP contribution in [0.1, 0.15) is 58.0 Å². The van der Waals surface area contributed by atoms with Crippen LogP contribution in [0.2, 0.25) is 0 Å². The highest BCUT2D eigenvalue weighted by atomic mass is 16.2. The molecule has 2 heterocycles. The Labute approximate surface area is 164 Å². The lowest BCUT2D eigenvalue weighted by molar-refractivity contribution is 0.0877. The number of nitrogens with one attached hydrogen (secondary N) is 1. The first kappa shape index (κ1) is 17.5. The maximum atomic E-state index is 12.7. The summed E-state index contributed by atoms with van der Waals surface area (Å²) in [5, 5.41) is 3.01. The number of nitrogens with zero attached hydrogens (tertiary/aromatic N) is 2. The van der Waals surface area contributed by atoms with E-state index in [2.05, 4.69) is 35.3 Å². The summed E-state index contributed by atoms with van der Waals surface area (Å²) >= 11 is 0. The molecule has 4 aliphatic rings. The van der Waals surface area contributed by atoms with E-state index in [1.54, 1.807) is 0 Å². The number of anilines is 1. The molecule has 3 unspecified atom stereocenters. The summed E-state index contributed by atoms with van der Waals surface area (Å²) in [6.07, 6.45) is 8.25. The van der Waals surface area contributed by atoms with Crippen molar-refractivity contribution >= 4 is 11.7 Å². The summed E-state index contributed by atoms with van der Waals surface area (Å²) in [6, 6.07) is 7.57. The number of rotatable bonds is 2. The molecular formula is C23H35N3O. The molecule has 0 aromatic heterocycles. The third-order valence-electron chi connectivity index (χ3n) is 7.97. The third kappa shape index (κ3) is 2.79. The molecule has 3 atom stereocenters. The van der Waals surface area contributed by atoms with E-state index in [4.69, 9.17) is 0 Å². The number of amides is 2. The van der Waals surface area contributed by atoms with Crippen molar-refractivity contribution < 1.29 is 6.22 Å². The molecule has 0 radical (unpaired) electrons. The van der Waals surface area contributed by atoms with Gasteiger partial charge in [0, 0.05) is 31.7 Å². The summed E-state index contributed by atoms with van der Waals surface area (Å²) in [6.45, 7) is 8.10. The van der Waals surface area contributed by atoms with Crippen LogP contribution in [-0.2, 0) is 5.41 Å². The number of benzene rings is 1. The van der Waals surface area contributed by atoms with Crippen molar-refractivity contribution in [3.8, 4) is 0 Å². The Kier molecular flexibility index (Phi) is 4.23. The van der Waals surface area contributed by atoms with E-state index in [-0.39, 0.29) is 12.9 Å². The highest BCUT2D eigenvalue weighted by Gasteiger charge is 2.49. The molecule has 5 rings (SSSR count). The van der Waals surface area contributed by atoms with E-state index in [0.29, 0.717) is 6.54 Å². The zero-order chi connectivity index (χ0) is 18.6. The van der Waals surface area contributed by atoms with Gasteiger partial charge in [-0.3, -0.25) is 4.90 Å². The molecule has 1 aromatic carbocycles. The lowest BCUT2D eigenvalue weighted by atomic mass is 9.73. The zero-order valence-electron chi connectivity index (χ0n) is 16.8. The van der Waals surface area contributed by atoms with Crippen LogP contribution in [-0.4, -0.2) is 43.2 Å². The van der Waals surface area contributed by atoms with E-state index in [0.717, 1.165) is 30.1 Å². The average molecular weight is 370 g/mol. The number of aryl methyl sites for hydroxylation is 1. The maximum absolute atomic E-state index is 12.7. The van der Waals surface area contributed by atoms with Crippen molar-refractivity contribution in [2.75, 3.05) is 31.1 Å². The average Bonchev–Trinajstić information content (AvgIpc) is 3.37. The normalized spacial score (nSPS) is 31.5. The van der Waals surface area contributed by atoms with Crippen molar-refractivity contribution in [2.45, 2.75) is 63.8 Å². The molecule has 2 aliphatic carbocycles. The van der Waals surface area contributed by atoms with Crippen LogP contribution in [0.15, 0.2) is 18.2 Å². The molecule has 2 bridgehead atoms. The minimum absolute atomic E-state index is 0. The minimum atomic E-state index is 0. The second kappa shape index (κ2) is 6.51. The minimum Gasteiger partial charge on any atom is -0.338 e. The maximum Gasteiger partial charge on any atom is 0.321 e. The van der Waals surface area contributed by atoms with Gasteiger partial charge in [-0.25, -0.2) is 4.79 Å². The van der Waals surface area contributed by atoms with Crippen molar-refractivity contribution in [1.29, 1.82) is 0 Å². The van der Waals surface area contributed by atoms with Crippen molar-refractivity contribution in [3.63, 3.8) is 0 Å². The Morgan fingerprint density at radius 3 is 2.74 bits per heavy atom. The largest absolute Gasteiger partial charge is 0.338 e. The number of piperidine rings is 1. The van der Waals surface area contributed by atoms with E-state index in [9.17, 15) is 4.79 Å². The van der Waals surface area contributed by atoms with Crippen LogP contribution in [0, 0.1) is 18.8 Å². The Bertz CT molecular complexity index is 743. The number of fused-ring (bicyclic) bond motifs is 4. The SMILES string of the molecule is CCNC(=O)N1CC2(CCN(C3CC4CCC3C4)CC2)c2cc(C)ccc21.[HH]. The number of hydrogen-bond acceptors (Lipinski definition) is 2. The predicted molar refractivity (Wildman–Crippen MR) is 111 cm³/mol. The molecule has 27 heavy (non-hydrogen) atoms. The standard InChI is InChI=1S/C23H33N3O.H2/c1-3-24-22(27)26-15-23(19-12-16(2)4-7-20(19)26)8-10-25(11-9-23)21-14-17-5-6-18(21)13-17;/h4,7,12,17-18,21H,3,5-6,8-11,13-15H2,1-2H3,(H,24,27);1H. The van der Waals surface area contributed by atoms with Crippen LogP contribution in [0.5, 0.6) is 0 Å². The first-order valence-corrected chi connectivity index (χ1v) is 11.0. The summed E-state index contributed by atoms with van der Waals surface area (Å²) in [5.74, 6) is 1.98. The first-order valence-electron chi connectivity index (χ1n) is 11.0. The van der Waals surface area contributed by atoms with Gasteiger partial charge in [0.25, 0.3) is 0 Å². The summed E-state index contributed by atoms with van der Waals surface area (Å²) < 4.78 is 0. The molecule has 1 saturated heterocycles. The van der Waals surface area contributed by atoms with Gasteiger partial charge in [-0.1, -0.05) is 24.1 Å². The Hall–Kier alpha value is -1.55. The van der Waals surface area contributed by atoms with Gasteiger partial charge in [-0.15, -0.1) is 0 Å². The Morgan fingerprint density at radius 1 is 1.26 bits per heavy atom. The highest BCUT2D eigenvalue weighted by molar-refractivity contribution is 5.95. The molecule has 1 N–H and O–H groups in total. The quantitative estimate of drug-likeness (QED) is 0.843. The number of likely N-dealkylation sites (tertiary alicyclic amines) is 1. The van der Waals surface area contributed by atoms with Gasteiger partial charge in [0.2, 0.25) is 0 Å². The fourth-order valence-electron chi connectivity index (χ4n) is 6.58. The molecule has 4 heteroatoms. The summed E-state index contributed by atoms with van der Waals surface area (Å²) in [5.41, 5.74) is 4.02. The lowest BCUT2D eigenvalue weighted by Crippen LogP contribution is -2.51. The Morgan fingerprint density at radius 2 is 2.07 bits per heavy atom. The van der Waals surface area contributed by atoms with Crippen molar-refractivity contribution in [3.05, 3.63) is 29.3 Å². The second-order valence-electron chi connectivity index (χ2n) is 9.50. The lowest BCUT2D eigenvalue weighted by Gasteiger charge is -2.44. The number of urea groups is 1. The molecule has 1 aromatic rings. The van der Waals surface area contributed by atoms with E-state index >= 15 is 0 Å². The molecule has 3 fully saturated rings. The summed E-state index contributed by atoms with van der Waals surface area (Å²) in [4.78, 5) is 17.5. The van der Waals surface area contributed by atoms with Crippen LogP contribution in [0.4, 0.5) is 10.5 Å². The number of hydrogen-bond donors (Lipinski definition) is 1. The molecule has 4 nitrogen and oxygen atoms in total. The second-order valence-corrected chi connectivity index (χ2v) is 9.50. The molecule has 2 amide bonds.